The minimum absolute atomic E-state index is 0.248. The van der Waals surface area contributed by atoms with Crippen molar-refractivity contribution >= 4 is 5.97 Å². The number of hydrogen-bond donors (Lipinski definition) is 3. The Morgan fingerprint density at radius 1 is 1.25 bits per heavy atom. The standard InChI is InChI=1S/C11H14O5/c1-7-2-8(4-12)11(9(3-7)5-13)16-6-10(14)15/h2-3,12-13H,4-6H2,1H3,(H,14,15). The molecule has 0 fully saturated rings. The molecule has 0 unspecified atom stereocenters. The first-order valence-corrected chi connectivity index (χ1v) is 4.77. The number of ether oxygens (including phenoxy) is 1. The van der Waals surface area contributed by atoms with Gasteiger partial charge in [0.1, 0.15) is 5.75 Å². The van der Waals surface area contributed by atoms with Gasteiger partial charge in [0.2, 0.25) is 0 Å². The second-order valence-corrected chi connectivity index (χ2v) is 3.41. The number of rotatable bonds is 5. The van der Waals surface area contributed by atoms with Gasteiger partial charge in [-0.1, -0.05) is 17.7 Å². The number of aliphatic carboxylic acids is 1. The highest BCUT2D eigenvalue weighted by molar-refractivity contribution is 5.68. The van der Waals surface area contributed by atoms with E-state index < -0.39 is 12.6 Å². The van der Waals surface area contributed by atoms with Crippen molar-refractivity contribution in [1.29, 1.82) is 0 Å². The molecule has 0 saturated heterocycles. The maximum absolute atomic E-state index is 10.4. The zero-order valence-corrected chi connectivity index (χ0v) is 8.93. The van der Waals surface area contributed by atoms with Gasteiger partial charge in [0, 0.05) is 11.1 Å². The lowest BCUT2D eigenvalue weighted by Gasteiger charge is -2.13. The largest absolute Gasteiger partial charge is 0.481 e. The summed E-state index contributed by atoms with van der Waals surface area (Å²) >= 11 is 0. The van der Waals surface area contributed by atoms with Crippen LogP contribution in [0.5, 0.6) is 5.75 Å². The molecule has 0 aromatic heterocycles. The molecule has 0 aliphatic heterocycles. The van der Waals surface area contributed by atoms with E-state index in [-0.39, 0.29) is 19.0 Å². The minimum Gasteiger partial charge on any atom is -0.481 e. The molecule has 0 aliphatic rings. The van der Waals surface area contributed by atoms with Gasteiger partial charge in [-0.3, -0.25) is 0 Å². The zero-order chi connectivity index (χ0) is 12.1. The van der Waals surface area contributed by atoms with Gasteiger partial charge in [0.25, 0.3) is 0 Å². The second-order valence-electron chi connectivity index (χ2n) is 3.41. The Hall–Kier alpha value is -1.59. The Labute approximate surface area is 92.9 Å². The lowest BCUT2D eigenvalue weighted by atomic mass is 10.1. The van der Waals surface area contributed by atoms with E-state index in [9.17, 15) is 4.79 Å². The fourth-order valence-electron chi connectivity index (χ4n) is 1.48. The van der Waals surface area contributed by atoms with Crippen LogP contribution in [0.4, 0.5) is 0 Å². The molecule has 1 aromatic rings. The van der Waals surface area contributed by atoms with E-state index in [2.05, 4.69) is 0 Å². The fraction of sp³-hybridized carbons (Fsp3) is 0.364. The number of aliphatic hydroxyl groups excluding tert-OH is 2. The molecule has 0 spiro atoms. The van der Waals surface area contributed by atoms with Crippen LogP contribution in [0.3, 0.4) is 0 Å². The molecule has 3 N–H and O–H groups in total. The van der Waals surface area contributed by atoms with Crippen LogP contribution in [0.15, 0.2) is 12.1 Å². The number of aliphatic hydroxyl groups is 2. The smallest absolute Gasteiger partial charge is 0.341 e. The summed E-state index contributed by atoms with van der Waals surface area (Å²) in [5, 5.41) is 26.7. The molecule has 0 bridgehead atoms. The Bertz CT molecular complexity index is 361. The Morgan fingerprint density at radius 2 is 1.75 bits per heavy atom. The van der Waals surface area contributed by atoms with E-state index in [4.69, 9.17) is 20.1 Å². The van der Waals surface area contributed by atoms with Crippen LogP contribution in [0, 0.1) is 6.92 Å². The highest BCUT2D eigenvalue weighted by atomic mass is 16.5. The van der Waals surface area contributed by atoms with E-state index in [1.165, 1.54) is 0 Å². The summed E-state index contributed by atoms with van der Waals surface area (Å²) in [5.41, 5.74) is 1.83. The van der Waals surface area contributed by atoms with Crippen LogP contribution in [0.2, 0.25) is 0 Å². The van der Waals surface area contributed by atoms with E-state index in [0.29, 0.717) is 11.1 Å². The first-order valence-electron chi connectivity index (χ1n) is 4.77. The maximum atomic E-state index is 10.4. The van der Waals surface area contributed by atoms with Gasteiger partial charge in [-0.25, -0.2) is 4.79 Å². The number of carboxylic acids is 1. The van der Waals surface area contributed by atoms with Crippen LogP contribution in [0.25, 0.3) is 0 Å². The van der Waals surface area contributed by atoms with Crippen molar-refractivity contribution < 1.29 is 24.9 Å². The lowest BCUT2D eigenvalue weighted by molar-refractivity contribution is -0.139. The molecular weight excluding hydrogens is 212 g/mol. The number of carboxylic acid groups (broad SMARTS) is 1. The van der Waals surface area contributed by atoms with E-state index in [1.54, 1.807) is 12.1 Å². The first-order chi connectivity index (χ1) is 7.58. The number of carbonyl (C=O) groups is 1. The van der Waals surface area contributed by atoms with Crippen LogP contribution < -0.4 is 4.74 Å². The second kappa shape index (κ2) is 5.48. The van der Waals surface area contributed by atoms with E-state index in [0.717, 1.165) is 5.56 Å². The van der Waals surface area contributed by atoms with Crippen molar-refractivity contribution in [2.24, 2.45) is 0 Å². The third kappa shape index (κ3) is 2.95. The molecule has 0 atom stereocenters. The summed E-state index contributed by atoms with van der Waals surface area (Å²) in [7, 11) is 0. The zero-order valence-electron chi connectivity index (χ0n) is 8.93. The minimum atomic E-state index is -1.10. The quantitative estimate of drug-likeness (QED) is 0.678. The van der Waals surface area contributed by atoms with Crippen molar-refractivity contribution in [2.45, 2.75) is 20.1 Å². The fourth-order valence-corrected chi connectivity index (χ4v) is 1.48. The monoisotopic (exact) mass is 226 g/mol. The topological polar surface area (TPSA) is 87.0 Å². The SMILES string of the molecule is Cc1cc(CO)c(OCC(=O)O)c(CO)c1. The van der Waals surface area contributed by atoms with Crippen LogP contribution in [-0.2, 0) is 18.0 Å². The van der Waals surface area contributed by atoms with Crippen molar-refractivity contribution in [3.05, 3.63) is 28.8 Å². The van der Waals surface area contributed by atoms with Gasteiger partial charge in [0.05, 0.1) is 13.2 Å². The molecule has 88 valence electrons. The van der Waals surface area contributed by atoms with Crippen molar-refractivity contribution in [3.63, 3.8) is 0 Å². The van der Waals surface area contributed by atoms with Gasteiger partial charge in [-0.05, 0) is 6.92 Å². The molecule has 0 radical (unpaired) electrons. The number of benzene rings is 1. The third-order valence-corrected chi connectivity index (χ3v) is 2.07. The van der Waals surface area contributed by atoms with Crippen LogP contribution in [-0.4, -0.2) is 27.9 Å². The normalized spacial score (nSPS) is 10.2. The molecular formula is C11H14O5. The molecule has 1 rings (SSSR count). The summed E-state index contributed by atoms with van der Waals surface area (Å²) < 4.78 is 5.05. The summed E-state index contributed by atoms with van der Waals surface area (Å²) in [6.07, 6.45) is 0. The Balaban J connectivity index is 3.06. The van der Waals surface area contributed by atoms with Crippen LogP contribution in [0.1, 0.15) is 16.7 Å². The maximum Gasteiger partial charge on any atom is 0.341 e. The summed E-state index contributed by atoms with van der Waals surface area (Å²) in [5.74, 6) is -0.855. The van der Waals surface area contributed by atoms with Gasteiger partial charge in [-0.15, -0.1) is 0 Å². The molecule has 5 nitrogen and oxygen atoms in total. The van der Waals surface area contributed by atoms with Crippen molar-refractivity contribution in [3.8, 4) is 5.75 Å². The molecule has 0 heterocycles. The molecule has 0 amide bonds. The molecule has 5 heteroatoms. The summed E-state index contributed by atoms with van der Waals surface area (Å²) in [6.45, 7) is 0.801. The Morgan fingerprint density at radius 3 is 2.12 bits per heavy atom. The average molecular weight is 226 g/mol. The Kier molecular flexibility index (Phi) is 4.28. The molecule has 1 aromatic carbocycles. The van der Waals surface area contributed by atoms with Crippen molar-refractivity contribution in [1.82, 2.24) is 0 Å². The van der Waals surface area contributed by atoms with Gasteiger partial charge in [-0.2, -0.15) is 0 Å². The summed E-state index contributed by atoms with van der Waals surface area (Å²) in [4.78, 5) is 10.4. The van der Waals surface area contributed by atoms with Gasteiger partial charge < -0.3 is 20.1 Å². The van der Waals surface area contributed by atoms with E-state index >= 15 is 0 Å². The highest BCUT2D eigenvalue weighted by Crippen LogP contribution is 2.26. The lowest BCUT2D eigenvalue weighted by Crippen LogP contribution is -2.12. The highest BCUT2D eigenvalue weighted by Gasteiger charge is 2.11. The van der Waals surface area contributed by atoms with E-state index in [1.807, 2.05) is 6.92 Å². The predicted octanol–water partition coefficient (Wildman–Crippen LogP) is 0.443. The van der Waals surface area contributed by atoms with Crippen molar-refractivity contribution in [2.75, 3.05) is 6.61 Å². The first kappa shape index (κ1) is 12.5. The van der Waals surface area contributed by atoms with Gasteiger partial charge >= 0.3 is 5.97 Å². The third-order valence-electron chi connectivity index (χ3n) is 2.07. The van der Waals surface area contributed by atoms with Gasteiger partial charge in [0.15, 0.2) is 6.61 Å². The number of aryl methyl sites for hydroxylation is 1. The molecule has 16 heavy (non-hydrogen) atoms. The van der Waals surface area contributed by atoms with Crippen LogP contribution >= 0.6 is 0 Å². The number of hydrogen-bond acceptors (Lipinski definition) is 4. The predicted molar refractivity (Wildman–Crippen MR) is 56.2 cm³/mol. The summed E-state index contributed by atoms with van der Waals surface area (Å²) in [6, 6.07) is 3.38. The molecule has 0 saturated carbocycles. The molecule has 0 aliphatic carbocycles. The average Bonchev–Trinajstić information content (AvgIpc) is 2.25.